The molecule has 0 radical (unpaired) electrons. The zero-order valence-corrected chi connectivity index (χ0v) is 15.8. The Morgan fingerprint density at radius 2 is 1.48 bits per heavy atom. The van der Waals surface area contributed by atoms with Crippen molar-refractivity contribution < 1.29 is 14.0 Å². The van der Waals surface area contributed by atoms with E-state index in [2.05, 4.69) is 10.2 Å². The maximum Gasteiger partial charge on any atom is 0.251 e. The number of rotatable bonds is 3. The summed E-state index contributed by atoms with van der Waals surface area (Å²) in [4.78, 5) is 27.8. The van der Waals surface area contributed by atoms with Crippen molar-refractivity contribution in [3.8, 4) is 0 Å². The quantitative estimate of drug-likeness (QED) is 0.814. The van der Waals surface area contributed by atoms with Gasteiger partial charge in [0.15, 0.2) is 0 Å². The molecule has 3 aliphatic rings. The number of piperidine rings is 1. The van der Waals surface area contributed by atoms with Crippen LogP contribution in [0, 0.1) is 11.7 Å². The molecule has 4 nitrogen and oxygen atoms in total. The number of amides is 2. The Morgan fingerprint density at radius 1 is 0.889 bits per heavy atom. The molecule has 3 fully saturated rings. The van der Waals surface area contributed by atoms with Crippen molar-refractivity contribution in [1.29, 1.82) is 0 Å². The van der Waals surface area contributed by atoms with Crippen LogP contribution in [0.2, 0.25) is 0 Å². The number of carbonyl (C=O) groups excluding carboxylic acids is 2. The highest BCUT2D eigenvalue weighted by atomic mass is 19.1. The van der Waals surface area contributed by atoms with Crippen molar-refractivity contribution >= 4 is 11.8 Å². The molecule has 2 saturated heterocycles. The van der Waals surface area contributed by atoms with Gasteiger partial charge >= 0.3 is 0 Å². The largest absolute Gasteiger partial charge is 0.349 e. The predicted molar refractivity (Wildman–Crippen MR) is 102 cm³/mol. The SMILES string of the molecule is O=C(NC1C[C@H]2CC[C@@H](C1)N2C(=O)C1CCCCCC1)c1ccc(F)cc1. The third-order valence-corrected chi connectivity index (χ3v) is 6.63. The van der Waals surface area contributed by atoms with Gasteiger partial charge in [0, 0.05) is 29.6 Å². The van der Waals surface area contributed by atoms with Gasteiger partial charge in [0.1, 0.15) is 5.82 Å². The van der Waals surface area contributed by atoms with Crippen LogP contribution in [0.5, 0.6) is 0 Å². The van der Waals surface area contributed by atoms with Gasteiger partial charge in [-0.1, -0.05) is 25.7 Å². The second-order valence-electron chi connectivity index (χ2n) is 8.47. The number of halogens is 1. The van der Waals surface area contributed by atoms with E-state index in [-0.39, 0.29) is 35.8 Å². The number of carbonyl (C=O) groups is 2. The smallest absolute Gasteiger partial charge is 0.251 e. The summed E-state index contributed by atoms with van der Waals surface area (Å²) >= 11 is 0. The van der Waals surface area contributed by atoms with Gasteiger partial charge in [0.25, 0.3) is 5.91 Å². The normalized spacial score (nSPS) is 28.6. The third-order valence-electron chi connectivity index (χ3n) is 6.63. The van der Waals surface area contributed by atoms with Crippen molar-refractivity contribution in [3.63, 3.8) is 0 Å². The Hall–Kier alpha value is -1.91. The van der Waals surface area contributed by atoms with E-state index >= 15 is 0 Å². The van der Waals surface area contributed by atoms with Crippen LogP contribution in [0.1, 0.15) is 74.6 Å². The molecule has 1 N–H and O–H groups in total. The van der Waals surface area contributed by atoms with E-state index in [4.69, 9.17) is 0 Å². The minimum absolute atomic E-state index is 0.0956. The highest BCUT2D eigenvalue weighted by Crippen LogP contribution is 2.38. The number of hydrogen-bond acceptors (Lipinski definition) is 2. The standard InChI is InChI=1S/C22H29FN2O2/c23-17-9-7-15(8-10-17)21(26)24-18-13-19-11-12-20(14-18)25(19)22(27)16-5-3-1-2-4-6-16/h7-10,16,18-20H,1-6,11-14H2,(H,24,26)/t18?,19-,20+. The van der Waals surface area contributed by atoms with Crippen molar-refractivity contribution in [2.75, 3.05) is 0 Å². The van der Waals surface area contributed by atoms with Gasteiger partial charge in [-0.05, 0) is 62.8 Å². The van der Waals surface area contributed by atoms with Crippen LogP contribution in [-0.2, 0) is 4.79 Å². The fourth-order valence-corrected chi connectivity index (χ4v) is 5.26. The first kappa shape index (κ1) is 18.5. The molecule has 1 aromatic carbocycles. The summed E-state index contributed by atoms with van der Waals surface area (Å²) in [5.74, 6) is 0.0894. The molecule has 1 aliphatic carbocycles. The van der Waals surface area contributed by atoms with Crippen LogP contribution >= 0.6 is 0 Å². The predicted octanol–water partition coefficient (Wildman–Crippen LogP) is 4.05. The number of hydrogen-bond donors (Lipinski definition) is 1. The number of nitrogens with one attached hydrogen (secondary N) is 1. The molecular weight excluding hydrogens is 343 g/mol. The number of benzene rings is 1. The molecule has 1 unspecified atom stereocenters. The average Bonchev–Trinajstić information content (AvgIpc) is 2.86. The van der Waals surface area contributed by atoms with Gasteiger partial charge in [-0.25, -0.2) is 4.39 Å². The van der Waals surface area contributed by atoms with E-state index in [1.807, 2.05) is 0 Å². The van der Waals surface area contributed by atoms with Gasteiger partial charge in [-0.15, -0.1) is 0 Å². The van der Waals surface area contributed by atoms with Crippen LogP contribution in [-0.4, -0.2) is 34.8 Å². The summed E-state index contributed by atoms with van der Waals surface area (Å²) in [6.45, 7) is 0. The van der Waals surface area contributed by atoms with E-state index < -0.39 is 0 Å². The van der Waals surface area contributed by atoms with Crippen molar-refractivity contribution in [2.45, 2.75) is 82.3 Å². The fraction of sp³-hybridized carbons (Fsp3) is 0.636. The lowest BCUT2D eigenvalue weighted by molar-refractivity contribution is -0.140. The molecule has 2 bridgehead atoms. The molecule has 146 valence electrons. The molecule has 4 rings (SSSR count). The lowest BCUT2D eigenvalue weighted by Gasteiger charge is -2.41. The molecule has 2 aliphatic heterocycles. The van der Waals surface area contributed by atoms with Gasteiger partial charge in [-0.2, -0.15) is 0 Å². The summed E-state index contributed by atoms with van der Waals surface area (Å²) in [6, 6.07) is 6.28. The van der Waals surface area contributed by atoms with Crippen molar-refractivity contribution in [2.24, 2.45) is 5.92 Å². The van der Waals surface area contributed by atoms with Crippen molar-refractivity contribution in [1.82, 2.24) is 10.2 Å². The van der Waals surface area contributed by atoms with E-state index in [0.29, 0.717) is 11.5 Å². The molecule has 0 aromatic heterocycles. The van der Waals surface area contributed by atoms with Crippen LogP contribution in [0.3, 0.4) is 0 Å². The minimum Gasteiger partial charge on any atom is -0.349 e. The Balaban J connectivity index is 1.37. The molecule has 2 heterocycles. The molecule has 2 amide bonds. The Bertz CT molecular complexity index is 668. The summed E-state index contributed by atoms with van der Waals surface area (Å²) in [5.41, 5.74) is 0.487. The molecule has 5 heteroatoms. The van der Waals surface area contributed by atoms with Crippen LogP contribution in [0.15, 0.2) is 24.3 Å². The number of fused-ring (bicyclic) bond motifs is 2. The Labute approximate surface area is 160 Å². The Kier molecular flexibility index (Phi) is 5.46. The summed E-state index contributed by atoms with van der Waals surface area (Å²) in [5, 5.41) is 3.11. The second-order valence-corrected chi connectivity index (χ2v) is 8.47. The van der Waals surface area contributed by atoms with E-state index in [9.17, 15) is 14.0 Å². The lowest BCUT2D eigenvalue weighted by atomic mass is 9.92. The average molecular weight is 372 g/mol. The minimum atomic E-state index is -0.338. The third kappa shape index (κ3) is 4.02. The summed E-state index contributed by atoms with van der Waals surface area (Å²) in [7, 11) is 0. The zero-order valence-electron chi connectivity index (χ0n) is 15.8. The molecule has 1 saturated carbocycles. The van der Waals surface area contributed by atoms with Crippen LogP contribution in [0.25, 0.3) is 0 Å². The van der Waals surface area contributed by atoms with Crippen molar-refractivity contribution in [3.05, 3.63) is 35.6 Å². The van der Waals surface area contributed by atoms with Gasteiger partial charge < -0.3 is 10.2 Å². The van der Waals surface area contributed by atoms with E-state index in [0.717, 1.165) is 38.5 Å². The molecule has 0 spiro atoms. The molecular formula is C22H29FN2O2. The number of nitrogens with zero attached hydrogens (tertiary/aromatic N) is 1. The Morgan fingerprint density at radius 3 is 2.07 bits per heavy atom. The maximum atomic E-state index is 13.2. The van der Waals surface area contributed by atoms with E-state index in [1.165, 1.54) is 49.9 Å². The molecule has 3 atom stereocenters. The first-order valence-electron chi connectivity index (χ1n) is 10.5. The first-order chi connectivity index (χ1) is 13.1. The first-order valence-corrected chi connectivity index (χ1v) is 10.5. The van der Waals surface area contributed by atoms with Crippen LogP contribution in [0.4, 0.5) is 4.39 Å². The zero-order chi connectivity index (χ0) is 18.8. The van der Waals surface area contributed by atoms with Gasteiger partial charge in [0.05, 0.1) is 0 Å². The summed E-state index contributed by atoms with van der Waals surface area (Å²) in [6.07, 6.45) is 10.7. The monoisotopic (exact) mass is 372 g/mol. The highest BCUT2D eigenvalue weighted by molar-refractivity contribution is 5.94. The fourth-order valence-electron chi connectivity index (χ4n) is 5.26. The summed E-state index contributed by atoms with van der Waals surface area (Å²) < 4.78 is 13.0. The second kappa shape index (κ2) is 7.99. The molecule has 1 aromatic rings. The molecule has 27 heavy (non-hydrogen) atoms. The van der Waals surface area contributed by atoms with Crippen LogP contribution < -0.4 is 5.32 Å². The van der Waals surface area contributed by atoms with E-state index in [1.54, 1.807) is 0 Å². The van der Waals surface area contributed by atoms with Gasteiger partial charge in [-0.3, -0.25) is 9.59 Å². The highest BCUT2D eigenvalue weighted by Gasteiger charge is 2.45. The maximum absolute atomic E-state index is 13.2. The lowest BCUT2D eigenvalue weighted by Crippen LogP contribution is -2.53. The topological polar surface area (TPSA) is 49.4 Å². The van der Waals surface area contributed by atoms with Gasteiger partial charge in [0.2, 0.25) is 5.91 Å².